The Labute approximate surface area is 165 Å². The minimum Gasteiger partial charge on any atom is -0.336 e. The molecule has 2 fully saturated rings. The van der Waals surface area contributed by atoms with Crippen molar-refractivity contribution in [3.63, 3.8) is 0 Å². The fourth-order valence-electron chi connectivity index (χ4n) is 4.75. The fourth-order valence-corrected chi connectivity index (χ4v) is 4.75. The molecule has 1 spiro atoms. The van der Waals surface area contributed by atoms with Gasteiger partial charge >= 0.3 is 0 Å². The van der Waals surface area contributed by atoms with E-state index in [9.17, 15) is 4.79 Å². The average Bonchev–Trinajstić information content (AvgIpc) is 3.28. The summed E-state index contributed by atoms with van der Waals surface area (Å²) in [5.74, 6) is 0.302. The zero-order valence-electron chi connectivity index (χ0n) is 15.9. The van der Waals surface area contributed by atoms with E-state index < -0.39 is 0 Å². The second-order valence-electron chi connectivity index (χ2n) is 8.06. The van der Waals surface area contributed by atoms with Gasteiger partial charge < -0.3 is 4.90 Å². The molecule has 1 amide bonds. The number of aromatic nitrogens is 2. The van der Waals surface area contributed by atoms with Crippen LogP contribution in [0.5, 0.6) is 0 Å². The van der Waals surface area contributed by atoms with Crippen molar-refractivity contribution in [3.05, 3.63) is 72.3 Å². The third kappa shape index (κ3) is 3.06. The lowest BCUT2D eigenvalue weighted by atomic mass is 9.85. The first kappa shape index (κ1) is 17.3. The van der Waals surface area contributed by atoms with Crippen LogP contribution < -0.4 is 0 Å². The van der Waals surface area contributed by atoms with Crippen molar-refractivity contribution in [1.29, 1.82) is 0 Å². The predicted molar refractivity (Wildman–Crippen MR) is 108 cm³/mol. The van der Waals surface area contributed by atoms with Gasteiger partial charge in [0.1, 0.15) is 0 Å². The van der Waals surface area contributed by atoms with Crippen molar-refractivity contribution in [1.82, 2.24) is 19.8 Å². The number of rotatable bonds is 4. The van der Waals surface area contributed by atoms with Crippen LogP contribution in [0.3, 0.4) is 0 Å². The molecule has 5 heteroatoms. The van der Waals surface area contributed by atoms with E-state index in [0.717, 1.165) is 44.7 Å². The Bertz CT molecular complexity index is 1000. The van der Waals surface area contributed by atoms with Crippen LogP contribution in [0.15, 0.2) is 61.1 Å². The molecule has 2 saturated heterocycles. The summed E-state index contributed by atoms with van der Waals surface area (Å²) in [6.45, 7) is 4.11. The van der Waals surface area contributed by atoms with Crippen molar-refractivity contribution in [3.8, 4) is 0 Å². The summed E-state index contributed by atoms with van der Waals surface area (Å²) in [5, 5.41) is 2.43. The summed E-state index contributed by atoms with van der Waals surface area (Å²) in [6, 6.07) is 14.3. The quantitative estimate of drug-likeness (QED) is 0.705. The molecule has 3 aromatic rings. The van der Waals surface area contributed by atoms with Crippen LogP contribution in [0, 0.1) is 5.41 Å². The normalized spacial score (nSPS) is 22.6. The maximum Gasteiger partial charge on any atom is 0.230 e. The lowest BCUT2D eigenvalue weighted by molar-refractivity contribution is -0.136. The molecule has 0 radical (unpaired) electrons. The van der Waals surface area contributed by atoms with Crippen molar-refractivity contribution in [2.24, 2.45) is 5.41 Å². The van der Waals surface area contributed by atoms with Crippen LogP contribution in [-0.2, 0) is 17.9 Å². The molecule has 0 bridgehead atoms. The summed E-state index contributed by atoms with van der Waals surface area (Å²) < 4.78 is 0. The van der Waals surface area contributed by atoms with Gasteiger partial charge in [-0.05, 0) is 42.5 Å². The van der Waals surface area contributed by atoms with Crippen molar-refractivity contribution >= 4 is 16.7 Å². The number of nitrogens with zero attached hydrogens (tertiary/aromatic N) is 4. The molecule has 2 aromatic heterocycles. The molecule has 1 unspecified atom stereocenters. The molecule has 142 valence electrons. The molecular weight excluding hydrogens is 348 g/mol. The monoisotopic (exact) mass is 372 g/mol. The molecule has 5 nitrogen and oxygen atoms in total. The van der Waals surface area contributed by atoms with Crippen molar-refractivity contribution < 1.29 is 4.79 Å². The van der Waals surface area contributed by atoms with Gasteiger partial charge in [0.2, 0.25) is 5.91 Å². The van der Waals surface area contributed by atoms with E-state index in [1.807, 2.05) is 41.6 Å². The number of hydrogen-bond acceptors (Lipinski definition) is 4. The minimum absolute atomic E-state index is 0.215. The van der Waals surface area contributed by atoms with Crippen LogP contribution in [0.1, 0.15) is 24.1 Å². The third-order valence-electron chi connectivity index (χ3n) is 6.26. The van der Waals surface area contributed by atoms with Crippen LogP contribution in [-0.4, -0.2) is 45.3 Å². The Morgan fingerprint density at radius 1 is 0.964 bits per heavy atom. The first-order chi connectivity index (χ1) is 13.7. The lowest BCUT2D eigenvalue weighted by Crippen LogP contribution is -2.36. The minimum atomic E-state index is -0.215. The van der Waals surface area contributed by atoms with E-state index in [0.29, 0.717) is 12.5 Å². The second-order valence-corrected chi connectivity index (χ2v) is 8.06. The highest BCUT2D eigenvalue weighted by Gasteiger charge is 2.50. The van der Waals surface area contributed by atoms with E-state index in [4.69, 9.17) is 0 Å². The molecule has 0 saturated carbocycles. The first-order valence-electron chi connectivity index (χ1n) is 9.97. The van der Waals surface area contributed by atoms with Gasteiger partial charge in [0, 0.05) is 43.6 Å². The van der Waals surface area contributed by atoms with Crippen LogP contribution in [0.4, 0.5) is 0 Å². The zero-order chi connectivity index (χ0) is 19.0. The largest absolute Gasteiger partial charge is 0.336 e. The van der Waals surface area contributed by atoms with E-state index in [2.05, 4.69) is 33.1 Å². The third-order valence-corrected chi connectivity index (χ3v) is 6.26. The van der Waals surface area contributed by atoms with E-state index in [1.165, 1.54) is 16.3 Å². The summed E-state index contributed by atoms with van der Waals surface area (Å²) in [6.07, 6.45) is 7.57. The van der Waals surface area contributed by atoms with Gasteiger partial charge in [-0.2, -0.15) is 0 Å². The Balaban J connectivity index is 1.29. The van der Waals surface area contributed by atoms with Gasteiger partial charge in [-0.15, -0.1) is 0 Å². The molecule has 2 aliphatic heterocycles. The summed E-state index contributed by atoms with van der Waals surface area (Å²) in [4.78, 5) is 26.4. The first-order valence-corrected chi connectivity index (χ1v) is 9.97. The molecule has 0 N–H and O–H groups in total. The van der Waals surface area contributed by atoms with Crippen LogP contribution in [0.25, 0.3) is 10.8 Å². The van der Waals surface area contributed by atoms with Crippen molar-refractivity contribution in [2.45, 2.75) is 25.9 Å². The lowest BCUT2D eigenvalue weighted by Gasteiger charge is -2.24. The summed E-state index contributed by atoms with van der Waals surface area (Å²) >= 11 is 0. The highest BCUT2D eigenvalue weighted by atomic mass is 16.2. The number of benzene rings is 1. The molecule has 1 atom stereocenters. The number of carbonyl (C=O) groups is 1. The smallest absolute Gasteiger partial charge is 0.230 e. The van der Waals surface area contributed by atoms with Gasteiger partial charge in [-0.3, -0.25) is 19.7 Å². The molecular formula is C23H24N4O. The van der Waals surface area contributed by atoms with E-state index >= 15 is 0 Å². The highest BCUT2D eigenvalue weighted by Crippen LogP contribution is 2.41. The molecule has 5 rings (SSSR count). The molecule has 28 heavy (non-hydrogen) atoms. The van der Waals surface area contributed by atoms with Crippen molar-refractivity contribution in [2.75, 3.05) is 19.6 Å². The predicted octanol–water partition coefficient (Wildman–Crippen LogP) is 3.25. The topological polar surface area (TPSA) is 49.3 Å². The standard InChI is InChI=1S/C23H24N4O/c28-22-23(9-12-27(22)16-20-6-3-4-10-25-20)8-11-26(17-23)15-19-14-24-13-18-5-1-2-7-21(18)19/h1-7,10,13-14H,8-9,11-12,15-17H2. The van der Waals surface area contributed by atoms with Gasteiger partial charge in [0.25, 0.3) is 0 Å². The summed E-state index contributed by atoms with van der Waals surface area (Å²) in [5.41, 5.74) is 1.99. The molecule has 1 aromatic carbocycles. The Kier molecular flexibility index (Phi) is 4.32. The Hall–Kier alpha value is -2.79. The number of hydrogen-bond donors (Lipinski definition) is 0. The number of fused-ring (bicyclic) bond motifs is 1. The van der Waals surface area contributed by atoms with Gasteiger partial charge in [0.05, 0.1) is 17.7 Å². The molecule has 4 heterocycles. The SMILES string of the molecule is O=C1N(Cc2ccccn2)CCC12CCN(Cc1cncc3ccccc13)C2. The number of pyridine rings is 2. The zero-order valence-corrected chi connectivity index (χ0v) is 15.9. The maximum absolute atomic E-state index is 13.2. The molecule has 0 aliphatic carbocycles. The van der Waals surface area contributed by atoms with Gasteiger partial charge in [-0.25, -0.2) is 0 Å². The van der Waals surface area contributed by atoms with E-state index in [-0.39, 0.29) is 5.41 Å². The second kappa shape index (κ2) is 6.99. The Morgan fingerprint density at radius 3 is 2.71 bits per heavy atom. The van der Waals surface area contributed by atoms with Crippen LogP contribution >= 0.6 is 0 Å². The Morgan fingerprint density at radius 2 is 1.82 bits per heavy atom. The van der Waals surface area contributed by atoms with E-state index in [1.54, 1.807) is 6.20 Å². The molecule has 2 aliphatic rings. The fraction of sp³-hybridized carbons (Fsp3) is 0.348. The number of amides is 1. The maximum atomic E-state index is 13.2. The number of carbonyl (C=O) groups excluding carboxylic acids is 1. The highest BCUT2D eigenvalue weighted by molar-refractivity contribution is 5.86. The average molecular weight is 372 g/mol. The number of likely N-dealkylation sites (tertiary alicyclic amines) is 2. The van der Waals surface area contributed by atoms with Gasteiger partial charge in [-0.1, -0.05) is 30.3 Å². The van der Waals surface area contributed by atoms with Gasteiger partial charge in [0.15, 0.2) is 0 Å². The summed E-state index contributed by atoms with van der Waals surface area (Å²) in [7, 11) is 0. The van der Waals surface area contributed by atoms with Crippen LogP contribution in [0.2, 0.25) is 0 Å².